The highest BCUT2D eigenvalue weighted by atomic mass is 35.5. The summed E-state index contributed by atoms with van der Waals surface area (Å²) in [4.78, 5) is 16.4. The summed E-state index contributed by atoms with van der Waals surface area (Å²) in [6.45, 7) is 2.25. The predicted molar refractivity (Wildman–Crippen MR) is 101 cm³/mol. The topological polar surface area (TPSA) is 54.0 Å². The number of nitrogens with one attached hydrogen (secondary N) is 2. The van der Waals surface area contributed by atoms with Crippen molar-refractivity contribution in [3.05, 3.63) is 88.5 Å². The first-order valence-electron chi connectivity index (χ1n) is 8.03. The molecule has 1 amide bonds. The second-order valence-electron chi connectivity index (χ2n) is 5.82. The number of carbonyl (C=O) groups excluding carboxylic acids is 1. The van der Waals surface area contributed by atoms with E-state index in [9.17, 15) is 9.18 Å². The molecule has 0 aliphatic carbocycles. The number of rotatable bonds is 5. The van der Waals surface area contributed by atoms with Crippen molar-refractivity contribution >= 4 is 28.9 Å². The van der Waals surface area contributed by atoms with Gasteiger partial charge in [0.25, 0.3) is 5.91 Å². The molecule has 1 aromatic heterocycles. The molecule has 132 valence electrons. The minimum absolute atomic E-state index is 0.295. The Morgan fingerprint density at radius 1 is 1.12 bits per heavy atom. The number of aromatic nitrogens is 1. The number of hydrogen-bond acceptors (Lipinski definition) is 3. The summed E-state index contributed by atoms with van der Waals surface area (Å²) in [7, 11) is 0. The Hall–Kier alpha value is -2.92. The fraction of sp³-hybridized carbons (Fsp3) is 0.100. The Kier molecular flexibility index (Phi) is 5.49. The standard InChI is InChI=1S/C20H17ClFN3O/c1-13-10-15(21)4-7-18(13)25-17-8-9-23-19(11-17)20(26)24-12-14-2-5-16(22)6-3-14/h2-11H,12H2,1H3,(H,23,25)(H,24,26). The van der Waals surface area contributed by atoms with Gasteiger partial charge >= 0.3 is 0 Å². The van der Waals surface area contributed by atoms with Crippen molar-refractivity contribution in [2.45, 2.75) is 13.5 Å². The fourth-order valence-electron chi connectivity index (χ4n) is 2.43. The van der Waals surface area contributed by atoms with E-state index in [2.05, 4.69) is 15.6 Å². The Balaban J connectivity index is 1.68. The first kappa shape index (κ1) is 17.9. The summed E-state index contributed by atoms with van der Waals surface area (Å²) in [6, 6.07) is 15.0. The van der Waals surface area contributed by atoms with Gasteiger partial charge in [0.05, 0.1) is 0 Å². The van der Waals surface area contributed by atoms with Crippen LogP contribution in [0.15, 0.2) is 60.8 Å². The summed E-state index contributed by atoms with van der Waals surface area (Å²) in [5.41, 5.74) is 3.75. The van der Waals surface area contributed by atoms with Gasteiger partial charge in [-0.3, -0.25) is 9.78 Å². The number of anilines is 2. The molecule has 0 unspecified atom stereocenters. The molecule has 0 bridgehead atoms. The maximum absolute atomic E-state index is 12.9. The van der Waals surface area contributed by atoms with Crippen LogP contribution in [0.3, 0.4) is 0 Å². The summed E-state index contributed by atoms with van der Waals surface area (Å²) in [5.74, 6) is -0.608. The maximum atomic E-state index is 12.9. The number of nitrogens with zero attached hydrogens (tertiary/aromatic N) is 1. The number of hydrogen-bond donors (Lipinski definition) is 2. The molecule has 0 fully saturated rings. The third-order valence-electron chi connectivity index (χ3n) is 3.83. The normalized spacial score (nSPS) is 10.4. The minimum Gasteiger partial charge on any atom is -0.355 e. The number of aryl methyl sites for hydroxylation is 1. The van der Waals surface area contributed by atoms with Crippen molar-refractivity contribution in [1.82, 2.24) is 10.3 Å². The van der Waals surface area contributed by atoms with E-state index in [-0.39, 0.29) is 11.7 Å². The molecule has 4 nitrogen and oxygen atoms in total. The van der Waals surface area contributed by atoms with Gasteiger partial charge < -0.3 is 10.6 Å². The molecule has 1 heterocycles. The van der Waals surface area contributed by atoms with E-state index in [0.29, 0.717) is 17.3 Å². The maximum Gasteiger partial charge on any atom is 0.270 e. The predicted octanol–water partition coefficient (Wildman–Crippen LogP) is 4.86. The number of halogens is 2. The highest BCUT2D eigenvalue weighted by molar-refractivity contribution is 6.30. The van der Waals surface area contributed by atoms with Crippen molar-refractivity contribution < 1.29 is 9.18 Å². The number of benzene rings is 2. The fourth-order valence-corrected chi connectivity index (χ4v) is 2.66. The van der Waals surface area contributed by atoms with Gasteiger partial charge in [-0.1, -0.05) is 23.7 Å². The second-order valence-corrected chi connectivity index (χ2v) is 6.26. The van der Waals surface area contributed by atoms with Gasteiger partial charge in [0.1, 0.15) is 11.5 Å². The lowest BCUT2D eigenvalue weighted by atomic mass is 10.2. The SMILES string of the molecule is Cc1cc(Cl)ccc1Nc1ccnc(C(=O)NCc2ccc(F)cc2)c1. The molecule has 0 radical (unpaired) electrons. The van der Waals surface area contributed by atoms with Crippen LogP contribution in [0.4, 0.5) is 15.8 Å². The van der Waals surface area contributed by atoms with Gasteiger partial charge in [-0.15, -0.1) is 0 Å². The Labute approximate surface area is 156 Å². The summed E-state index contributed by atoms with van der Waals surface area (Å²) in [6.07, 6.45) is 1.57. The van der Waals surface area contributed by atoms with E-state index in [1.54, 1.807) is 36.5 Å². The Morgan fingerprint density at radius 3 is 2.62 bits per heavy atom. The Morgan fingerprint density at radius 2 is 1.88 bits per heavy atom. The van der Waals surface area contributed by atoms with Gasteiger partial charge in [0, 0.05) is 29.1 Å². The minimum atomic E-state index is -0.307. The van der Waals surface area contributed by atoms with E-state index in [4.69, 9.17) is 11.6 Å². The van der Waals surface area contributed by atoms with Crippen molar-refractivity contribution in [3.63, 3.8) is 0 Å². The molecular formula is C20H17ClFN3O. The molecule has 0 atom stereocenters. The first-order chi connectivity index (χ1) is 12.5. The summed E-state index contributed by atoms with van der Waals surface area (Å²) < 4.78 is 12.9. The zero-order valence-corrected chi connectivity index (χ0v) is 14.8. The molecule has 0 saturated carbocycles. The average Bonchev–Trinajstić information content (AvgIpc) is 2.63. The average molecular weight is 370 g/mol. The highest BCUT2D eigenvalue weighted by Gasteiger charge is 2.09. The molecule has 0 saturated heterocycles. The lowest BCUT2D eigenvalue weighted by Gasteiger charge is -2.11. The first-order valence-corrected chi connectivity index (χ1v) is 8.41. The van der Waals surface area contributed by atoms with E-state index in [1.807, 2.05) is 19.1 Å². The van der Waals surface area contributed by atoms with Crippen molar-refractivity contribution in [3.8, 4) is 0 Å². The zero-order chi connectivity index (χ0) is 18.5. The van der Waals surface area contributed by atoms with Crippen molar-refractivity contribution in [2.24, 2.45) is 0 Å². The van der Waals surface area contributed by atoms with E-state index in [1.165, 1.54) is 12.1 Å². The van der Waals surface area contributed by atoms with E-state index in [0.717, 1.165) is 22.5 Å². The number of pyridine rings is 1. The van der Waals surface area contributed by atoms with Crippen LogP contribution in [0, 0.1) is 12.7 Å². The summed E-state index contributed by atoms with van der Waals surface area (Å²) in [5, 5.41) is 6.70. The molecule has 26 heavy (non-hydrogen) atoms. The smallest absolute Gasteiger partial charge is 0.270 e. The third-order valence-corrected chi connectivity index (χ3v) is 4.06. The van der Waals surface area contributed by atoms with Crippen molar-refractivity contribution in [2.75, 3.05) is 5.32 Å². The van der Waals surface area contributed by atoms with Crippen LogP contribution >= 0.6 is 11.6 Å². The van der Waals surface area contributed by atoms with Crippen molar-refractivity contribution in [1.29, 1.82) is 0 Å². The van der Waals surface area contributed by atoms with Crippen LogP contribution in [-0.2, 0) is 6.54 Å². The molecule has 0 spiro atoms. The molecular weight excluding hydrogens is 353 g/mol. The molecule has 3 rings (SSSR count). The van der Waals surface area contributed by atoms with E-state index >= 15 is 0 Å². The monoisotopic (exact) mass is 369 g/mol. The number of carbonyl (C=O) groups is 1. The molecule has 2 aromatic carbocycles. The zero-order valence-electron chi connectivity index (χ0n) is 14.1. The third kappa shape index (κ3) is 4.58. The van der Waals surface area contributed by atoms with Gasteiger partial charge in [-0.2, -0.15) is 0 Å². The van der Waals surface area contributed by atoms with Crippen LogP contribution in [0.25, 0.3) is 0 Å². The van der Waals surface area contributed by atoms with Gasteiger partial charge in [-0.05, 0) is 60.5 Å². The van der Waals surface area contributed by atoms with Gasteiger partial charge in [-0.25, -0.2) is 4.39 Å². The van der Waals surface area contributed by atoms with E-state index < -0.39 is 0 Å². The molecule has 0 aliphatic heterocycles. The van der Waals surface area contributed by atoms with Crippen LogP contribution in [0.5, 0.6) is 0 Å². The number of amides is 1. The van der Waals surface area contributed by atoms with Crippen LogP contribution < -0.4 is 10.6 Å². The quantitative estimate of drug-likeness (QED) is 0.675. The largest absolute Gasteiger partial charge is 0.355 e. The highest BCUT2D eigenvalue weighted by Crippen LogP contribution is 2.23. The van der Waals surface area contributed by atoms with Gasteiger partial charge in [0.15, 0.2) is 0 Å². The molecule has 2 N–H and O–H groups in total. The summed E-state index contributed by atoms with van der Waals surface area (Å²) >= 11 is 5.97. The second kappa shape index (κ2) is 7.97. The lowest BCUT2D eigenvalue weighted by molar-refractivity contribution is 0.0946. The lowest BCUT2D eigenvalue weighted by Crippen LogP contribution is -2.23. The molecule has 0 aliphatic rings. The molecule has 3 aromatic rings. The molecule has 6 heteroatoms. The Bertz CT molecular complexity index is 929. The van der Waals surface area contributed by atoms with Gasteiger partial charge in [0.2, 0.25) is 0 Å². The van der Waals surface area contributed by atoms with Crippen LogP contribution in [0.2, 0.25) is 5.02 Å². The van der Waals surface area contributed by atoms with Crippen LogP contribution in [0.1, 0.15) is 21.6 Å². The van der Waals surface area contributed by atoms with Crippen LogP contribution in [-0.4, -0.2) is 10.9 Å².